The van der Waals surface area contributed by atoms with Gasteiger partial charge in [0.1, 0.15) is 5.82 Å². The number of carbonyl (C=O) groups excluding carboxylic acids is 7. The number of imide groups is 1. The highest BCUT2D eigenvalue weighted by atomic mass is 33.1. The average Bonchev–Trinajstić information content (AvgIpc) is 3.84. The quantitative estimate of drug-likeness (QED) is 0.0427. The molecule has 7 rings (SSSR count). The van der Waals surface area contributed by atoms with Crippen molar-refractivity contribution in [2.45, 2.75) is 102 Å². The van der Waals surface area contributed by atoms with E-state index in [1.807, 2.05) is 18.7 Å². The molecule has 0 spiro atoms. The van der Waals surface area contributed by atoms with Gasteiger partial charge in [-0.1, -0.05) is 33.7 Å². The molecule has 20 nitrogen and oxygen atoms in total. The van der Waals surface area contributed by atoms with Crippen LogP contribution in [0.25, 0.3) is 0 Å². The minimum Gasteiger partial charge on any atom is -0.463 e. The van der Waals surface area contributed by atoms with Gasteiger partial charge in [-0.05, 0) is 76.1 Å². The normalized spacial score (nSPS) is 19.9. The van der Waals surface area contributed by atoms with E-state index >= 15 is 4.39 Å². The molecule has 23 heteroatoms. The summed E-state index contributed by atoms with van der Waals surface area (Å²) in [6.07, 6.45) is 6.69. The molecule has 2 aromatic heterocycles. The Balaban J connectivity index is 0.719. The second-order valence-electron chi connectivity index (χ2n) is 18.1. The SMILES string of the molecule is [2H]C1([2H])[C@H](C(=O)Nc2ccc(CNC(=O)N3CCC(N4CCN(C(=O)CCSSC(C)(C)CC(=O)N/N=C(\C)c5cnc(OCCCC(=O)ON6C(=O)CCC6=O)nc5)CC4)CC3)c(F)c2)[C@H]1c1cccnc1. The third-order valence-electron chi connectivity index (χ3n) is 12.2. The van der Waals surface area contributed by atoms with Crippen LogP contribution in [0.1, 0.15) is 104 Å². The largest absolute Gasteiger partial charge is 0.463 e. The van der Waals surface area contributed by atoms with E-state index in [1.54, 1.807) is 47.1 Å². The fourth-order valence-electron chi connectivity index (χ4n) is 8.17. The van der Waals surface area contributed by atoms with Crippen LogP contribution in [0.15, 0.2) is 60.2 Å². The van der Waals surface area contributed by atoms with Crippen molar-refractivity contribution < 1.29 is 50.3 Å². The molecule has 4 aliphatic rings. The number of likely N-dealkylation sites (tertiary alicyclic amines) is 1. The zero-order valence-electron chi connectivity index (χ0n) is 41.9. The van der Waals surface area contributed by atoms with Crippen LogP contribution in [-0.4, -0.2) is 144 Å². The van der Waals surface area contributed by atoms with E-state index in [1.165, 1.54) is 41.4 Å². The number of pyridine rings is 1. The molecule has 1 saturated carbocycles. The number of piperazine rings is 1. The third-order valence-corrected chi connectivity index (χ3v) is 15.5. The van der Waals surface area contributed by atoms with Gasteiger partial charge in [0.15, 0.2) is 0 Å². The number of halogens is 1. The molecule has 7 amide bonds. The van der Waals surface area contributed by atoms with Crippen molar-refractivity contribution in [3.05, 3.63) is 77.6 Å². The van der Waals surface area contributed by atoms with Crippen LogP contribution < -0.4 is 20.8 Å². The van der Waals surface area contributed by atoms with Crippen LogP contribution in [0.2, 0.25) is 0 Å². The maximum atomic E-state index is 15.1. The van der Waals surface area contributed by atoms with Crippen molar-refractivity contribution in [2.75, 3.05) is 56.9 Å². The Morgan fingerprint density at radius 1 is 0.958 bits per heavy atom. The molecule has 380 valence electrons. The molecule has 1 aromatic carbocycles. The Morgan fingerprint density at radius 2 is 1.69 bits per heavy atom. The minimum absolute atomic E-state index is 0.0199. The van der Waals surface area contributed by atoms with Gasteiger partial charge >= 0.3 is 18.0 Å². The van der Waals surface area contributed by atoms with Crippen LogP contribution in [0.5, 0.6) is 6.01 Å². The van der Waals surface area contributed by atoms with Crippen molar-refractivity contribution in [2.24, 2.45) is 11.0 Å². The van der Waals surface area contributed by atoms with E-state index in [9.17, 15) is 33.6 Å². The lowest BCUT2D eigenvalue weighted by atomic mass is 10.0. The summed E-state index contributed by atoms with van der Waals surface area (Å²) in [4.78, 5) is 110. The van der Waals surface area contributed by atoms with E-state index in [-0.39, 0.29) is 86.4 Å². The Bertz CT molecular complexity index is 2520. The van der Waals surface area contributed by atoms with Crippen molar-refractivity contribution in [1.82, 2.24) is 45.5 Å². The van der Waals surface area contributed by atoms with Crippen molar-refractivity contribution in [3.63, 3.8) is 0 Å². The number of amides is 7. The molecule has 0 bridgehead atoms. The molecule has 3 saturated heterocycles. The van der Waals surface area contributed by atoms with Gasteiger partial charge in [-0.3, -0.25) is 33.9 Å². The Labute approximate surface area is 422 Å². The summed E-state index contributed by atoms with van der Waals surface area (Å²) >= 11 is 0. The summed E-state index contributed by atoms with van der Waals surface area (Å²) in [6.45, 7) is 9.49. The van der Waals surface area contributed by atoms with Crippen molar-refractivity contribution in [1.29, 1.82) is 0 Å². The molecule has 3 aromatic rings. The predicted octanol–water partition coefficient (Wildman–Crippen LogP) is 4.82. The summed E-state index contributed by atoms with van der Waals surface area (Å²) in [6, 6.07) is 7.69. The van der Waals surface area contributed by atoms with Gasteiger partial charge in [0.25, 0.3) is 11.8 Å². The second-order valence-corrected chi connectivity index (χ2v) is 21.2. The number of anilines is 1. The number of hydroxylamine groups is 2. The van der Waals surface area contributed by atoms with Gasteiger partial charge in [0, 0.05) is 138 Å². The van der Waals surface area contributed by atoms with Gasteiger partial charge < -0.3 is 30.0 Å². The summed E-state index contributed by atoms with van der Waals surface area (Å²) in [5, 5.41) is 10.1. The Hall–Kier alpha value is -6.20. The lowest BCUT2D eigenvalue weighted by Gasteiger charge is -2.42. The second kappa shape index (κ2) is 24.8. The zero-order valence-corrected chi connectivity index (χ0v) is 41.5. The zero-order chi connectivity index (χ0) is 52.3. The third kappa shape index (κ3) is 15.4. The van der Waals surface area contributed by atoms with Crippen LogP contribution in [0.4, 0.5) is 14.9 Å². The summed E-state index contributed by atoms with van der Waals surface area (Å²) in [5.41, 5.74) is 4.70. The first-order valence-corrected chi connectivity index (χ1v) is 25.9. The standard InChI is InChI=1S/C48H60FN11O9S2/c1-31(34-29-51-46(52-30-34)68-22-5-7-44(65)69-60-42(63)10-11-43(60)64)55-56-40(61)26-48(2,3)71-70-23-14-41(62)58-20-18-57(19-21-58)36-12-16-59(17-13-36)47(67)53-28-33-8-9-35(24-39(33)49)54-45(66)38-25-37(38)32-6-4-15-50-27-32/h4,6,8-9,15,24,27,29-30,36-38H,5,7,10-14,16-23,25-26,28H2,1-3H3,(H,53,67)(H,54,66)(H,56,61)/b55-31+/t37-,38+/m1/s1/i25D2. The fourth-order valence-corrected chi connectivity index (χ4v) is 10.7. The van der Waals surface area contributed by atoms with E-state index in [2.05, 4.69) is 41.0 Å². The number of nitrogens with one attached hydrogen (secondary N) is 3. The molecule has 0 unspecified atom stereocenters. The number of hydrazone groups is 1. The minimum atomic E-state index is -1.74. The first-order valence-electron chi connectivity index (χ1n) is 24.6. The van der Waals surface area contributed by atoms with E-state index in [0.717, 1.165) is 25.9 Å². The topological polar surface area (TPSA) is 238 Å². The van der Waals surface area contributed by atoms with E-state index in [0.29, 0.717) is 60.3 Å². The summed E-state index contributed by atoms with van der Waals surface area (Å²) in [5.74, 6) is -4.10. The number of carbonyl (C=O) groups is 7. The number of piperidine rings is 1. The van der Waals surface area contributed by atoms with E-state index < -0.39 is 52.5 Å². The number of urea groups is 1. The molecule has 5 heterocycles. The summed E-state index contributed by atoms with van der Waals surface area (Å²) in [7, 11) is 3.09. The van der Waals surface area contributed by atoms with Crippen molar-refractivity contribution >= 4 is 74.5 Å². The number of rotatable bonds is 21. The molecular weight excluding hydrogens is 958 g/mol. The van der Waals surface area contributed by atoms with Gasteiger partial charge in [0.05, 0.1) is 18.7 Å². The van der Waals surface area contributed by atoms with Crippen LogP contribution in [0, 0.1) is 11.7 Å². The number of hydrogen-bond donors (Lipinski definition) is 3. The number of hydrogen-bond acceptors (Lipinski definition) is 16. The van der Waals surface area contributed by atoms with Gasteiger partial charge in [0.2, 0.25) is 17.7 Å². The molecule has 0 radical (unpaired) electrons. The van der Waals surface area contributed by atoms with Crippen LogP contribution >= 0.6 is 21.6 Å². The molecule has 4 fully saturated rings. The number of ether oxygens (including phenoxy) is 1. The highest BCUT2D eigenvalue weighted by Crippen LogP contribution is 2.47. The first-order chi connectivity index (χ1) is 34.9. The maximum absolute atomic E-state index is 15.1. The smallest absolute Gasteiger partial charge is 0.333 e. The highest BCUT2D eigenvalue weighted by molar-refractivity contribution is 8.77. The van der Waals surface area contributed by atoms with Crippen LogP contribution in [0.3, 0.4) is 0 Å². The van der Waals surface area contributed by atoms with Gasteiger partial charge in [-0.15, -0.1) is 5.06 Å². The number of benzene rings is 1. The fraction of sp³-hybridized carbons (Fsp3) is 0.521. The lowest BCUT2D eigenvalue weighted by Crippen LogP contribution is -2.55. The first kappa shape index (κ1) is 49.8. The van der Waals surface area contributed by atoms with Crippen LogP contribution in [-0.2, 0) is 40.1 Å². The molecular formula is C48H60FN11O9S2. The van der Waals surface area contributed by atoms with Crippen molar-refractivity contribution in [3.8, 4) is 6.01 Å². The summed E-state index contributed by atoms with van der Waals surface area (Å²) < 4.78 is 36.6. The molecule has 1 aliphatic carbocycles. The van der Waals surface area contributed by atoms with E-state index in [4.69, 9.17) is 12.3 Å². The maximum Gasteiger partial charge on any atom is 0.333 e. The molecule has 3 aliphatic heterocycles. The number of aromatic nitrogens is 3. The molecule has 2 atom stereocenters. The number of nitrogens with zero attached hydrogens (tertiary/aromatic N) is 8. The Kier molecular flexibility index (Phi) is 17.4. The molecule has 3 N–H and O–H groups in total. The van der Waals surface area contributed by atoms with Gasteiger partial charge in [-0.2, -0.15) is 5.10 Å². The Morgan fingerprint density at radius 3 is 2.38 bits per heavy atom. The highest BCUT2D eigenvalue weighted by Gasteiger charge is 2.44. The molecule has 71 heavy (non-hydrogen) atoms. The lowest BCUT2D eigenvalue weighted by molar-refractivity contribution is -0.197. The average molecular weight is 1020 g/mol. The monoisotopic (exact) mass is 1020 g/mol. The van der Waals surface area contributed by atoms with Gasteiger partial charge in [-0.25, -0.2) is 29.4 Å². The predicted molar refractivity (Wildman–Crippen MR) is 263 cm³/mol.